The van der Waals surface area contributed by atoms with Gasteiger partial charge in [0.15, 0.2) is 0 Å². The van der Waals surface area contributed by atoms with Crippen molar-refractivity contribution >= 4 is 29.7 Å². The number of ether oxygens (including phenoxy) is 1. The first-order valence-electron chi connectivity index (χ1n) is 11.9. The molecule has 0 saturated carbocycles. The second-order valence-electron chi connectivity index (χ2n) is 9.21. The molecule has 8 heteroatoms. The number of benzene rings is 2. The lowest BCUT2D eigenvalue weighted by atomic mass is 9.95. The highest BCUT2D eigenvalue weighted by atomic mass is 32.2. The molecule has 2 amide bonds. The average Bonchev–Trinajstić information content (AvgIpc) is 3.16. The molecule has 7 nitrogen and oxygen atoms in total. The smallest absolute Gasteiger partial charge is 0.407 e. The number of hydrogen-bond donors (Lipinski definition) is 3. The summed E-state index contributed by atoms with van der Waals surface area (Å²) in [4.78, 5) is 36.9. The quantitative estimate of drug-likeness (QED) is 0.398. The minimum atomic E-state index is -1.06. The van der Waals surface area contributed by atoms with Crippen LogP contribution in [0.1, 0.15) is 43.7 Å². The number of alkyl carbamates (subject to hydrolysis) is 1. The number of carboxylic acid groups (broad SMARTS) is 1. The predicted octanol–water partition coefficient (Wildman–Crippen LogP) is 4.51. The first kappa shape index (κ1) is 26.6. The van der Waals surface area contributed by atoms with Crippen molar-refractivity contribution in [2.75, 3.05) is 25.2 Å². The Labute approximate surface area is 211 Å². The van der Waals surface area contributed by atoms with Crippen LogP contribution in [0.25, 0.3) is 11.1 Å². The van der Waals surface area contributed by atoms with Gasteiger partial charge in [-0.25, -0.2) is 9.59 Å². The van der Waals surface area contributed by atoms with Crippen LogP contribution in [0.15, 0.2) is 48.5 Å². The monoisotopic (exact) mass is 498 g/mol. The molecular weight excluding hydrogens is 464 g/mol. The van der Waals surface area contributed by atoms with Gasteiger partial charge in [0.25, 0.3) is 0 Å². The molecule has 35 heavy (non-hydrogen) atoms. The van der Waals surface area contributed by atoms with Crippen LogP contribution in [0.5, 0.6) is 0 Å². The van der Waals surface area contributed by atoms with E-state index in [0.717, 1.165) is 22.3 Å². The molecule has 188 valence electrons. The molecule has 0 radical (unpaired) electrons. The summed E-state index contributed by atoms with van der Waals surface area (Å²) in [6.07, 6.45) is 2.16. The molecule has 2 aromatic carbocycles. The number of carboxylic acids is 1. The van der Waals surface area contributed by atoms with E-state index in [-0.39, 0.29) is 30.9 Å². The lowest BCUT2D eigenvalue weighted by molar-refractivity contribution is -0.142. The highest BCUT2D eigenvalue weighted by molar-refractivity contribution is 7.98. The number of nitrogens with one attached hydrogen (secondary N) is 2. The topological polar surface area (TPSA) is 105 Å². The van der Waals surface area contributed by atoms with Gasteiger partial charge in [-0.3, -0.25) is 4.79 Å². The first-order valence-corrected chi connectivity index (χ1v) is 13.3. The highest BCUT2D eigenvalue weighted by Gasteiger charge is 2.30. The number of thioether (sulfide) groups is 1. The van der Waals surface area contributed by atoms with Crippen LogP contribution >= 0.6 is 11.8 Å². The fraction of sp³-hybridized carbons (Fsp3) is 0.444. The van der Waals surface area contributed by atoms with Gasteiger partial charge in [-0.15, -0.1) is 0 Å². The summed E-state index contributed by atoms with van der Waals surface area (Å²) in [7, 11) is 0. The Hall–Kier alpha value is -3.00. The highest BCUT2D eigenvalue weighted by Crippen LogP contribution is 2.44. The SMILES string of the molecule is CSCC[C@H](NC(=O)C(CNC(=O)OCC1c2ccccc2-c2ccccc21)CC(C)C)C(=O)O. The van der Waals surface area contributed by atoms with Crippen LogP contribution in [-0.2, 0) is 14.3 Å². The molecular formula is C27H34N2O5S. The number of carbonyl (C=O) groups excluding carboxylic acids is 2. The van der Waals surface area contributed by atoms with Crippen LogP contribution in [0.3, 0.4) is 0 Å². The molecule has 0 aromatic heterocycles. The third-order valence-corrected chi connectivity index (χ3v) is 6.83. The van der Waals surface area contributed by atoms with Gasteiger partial charge in [0, 0.05) is 12.5 Å². The maximum absolute atomic E-state index is 12.8. The Kier molecular flexibility index (Phi) is 9.60. The molecule has 2 aromatic rings. The van der Waals surface area contributed by atoms with Gasteiger partial charge in [-0.05, 0) is 53.0 Å². The minimum absolute atomic E-state index is 0.0457. The van der Waals surface area contributed by atoms with Crippen molar-refractivity contribution in [2.45, 2.75) is 38.6 Å². The van der Waals surface area contributed by atoms with Crippen molar-refractivity contribution in [3.8, 4) is 11.1 Å². The van der Waals surface area contributed by atoms with Gasteiger partial charge in [-0.2, -0.15) is 11.8 Å². The van der Waals surface area contributed by atoms with Crippen molar-refractivity contribution in [1.29, 1.82) is 0 Å². The van der Waals surface area contributed by atoms with Crippen molar-refractivity contribution in [2.24, 2.45) is 11.8 Å². The molecule has 0 saturated heterocycles. The number of hydrogen-bond acceptors (Lipinski definition) is 5. The zero-order chi connectivity index (χ0) is 25.4. The second kappa shape index (κ2) is 12.6. The third kappa shape index (κ3) is 7.01. The summed E-state index contributed by atoms with van der Waals surface area (Å²) in [5.41, 5.74) is 4.56. The first-order chi connectivity index (χ1) is 16.8. The molecule has 0 bridgehead atoms. The number of carbonyl (C=O) groups is 3. The molecule has 1 aliphatic rings. The van der Waals surface area contributed by atoms with E-state index in [0.29, 0.717) is 18.6 Å². The average molecular weight is 499 g/mol. The Bertz CT molecular complexity index is 996. The minimum Gasteiger partial charge on any atom is -0.480 e. The molecule has 3 rings (SSSR count). The zero-order valence-electron chi connectivity index (χ0n) is 20.5. The molecule has 0 spiro atoms. The van der Waals surface area contributed by atoms with E-state index < -0.39 is 24.0 Å². The Morgan fingerprint density at radius 2 is 1.63 bits per heavy atom. The second-order valence-corrected chi connectivity index (χ2v) is 10.2. The summed E-state index contributed by atoms with van der Waals surface area (Å²) in [5.74, 6) is -1.19. The number of fused-ring (bicyclic) bond motifs is 3. The summed E-state index contributed by atoms with van der Waals surface area (Å²) < 4.78 is 5.57. The van der Waals surface area contributed by atoms with Crippen molar-refractivity contribution in [3.05, 3.63) is 59.7 Å². The molecule has 1 aliphatic carbocycles. The predicted molar refractivity (Wildman–Crippen MR) is 139 cm³/mol. The molecule has 0 heterocycles. The molecule has 3 N–H and O–H groups in total. The number of amides is 2. The van der Waals surface area contributed by atoms with Crippen molar-refractivity contribution in [3.63, 3.8) is 0 Å². The summed E-state index contributed by atoms with van der Waals surface area (Å²) in [6, 6.07) is 15.3. The van der Waals surface area contributed by atoms with Crippen LogP contribution < -0.4 is 10.6 Å². The molecule has 2 atom stereocenters. The summed E-state index contributed by atoms with van der Waals surface area (Å²) in [6.45, 7) is 4.23. The molecule has 0 fully saturated rings. The van der Waals surface area contributed by atoms with Crippen LogP contribution in [-0.4, -0.2) is 54.3 Å². The van der Waals surface area contributed by atoms with Gasteiger partial charge in [0.1, 0.15) is 12.6 Å². The van der Waals surface area contributed by atoms with Gasteiger partial charge >= 0.3 is 12.1 Å². The van der Waals surface area contributed by atoms with E-state index in [2.05, 4.69) is 34.9 Å². The van der Waals surface area contributed by atoms with E-state index in [4.69, 9.17) is 4.74 Å². The van der Waals surface area contributed by atoms with E-state index in [1.807, 2.05) is 44.4 Å². The Balaban J connectivity index is 1.58. The molecule has 1 unspecified atom stereocenters. The van der Waals surface area contributed by atoms with Crippen molar-refractivity contribution in [1.82, 2.24) is 10.6 Å². The van der Waals surface area contributed by atoms with E-state index in [9.17, 15) is 19.5 Å². The maximum atomic E-state index is 12.8. The van der Waals surface area contributed by atoms with Crippen molar-refractivity contribution < 1.29 is 24.2 Å². The van der Waals surface area contributed by atoms with Crippen LogP contribution in [0, 0.1) is 11.8 Å². The zero-order valence-corrected chi connectivity index (χ0v) is 21.3. The molecule has 0 aliphatic heterocycles. The fourth-order valence-electron chi connectivity index (χ4n) is 4.49. The van der Waals surface area contributed by atoms with Gasteiger partial charge in [0.05, 0.1) is 5.92 Å². The number of rotatable bonds is 12. The normalized spacial score (nSPS) is 14.1. The lowest BCUT2D eigenvalue weighted by Crippen LogP contribution is -2.47. The number of aliphatic carboxylic acids is 1. The van der Waals surface area contributed by atoms with E-state index in [1.54, 1.807) is 0 Å². The third-order valence-electron chi connectivity index (χ3n) is 6.19. The Morgan fingerprint density at radius 3 is 2.17 bits per heavy atom. The van der Waals surface area contributed by atoms with Gasteiger partial charge < -0.3 is 20.5 Å². The van der Waals surface area contributed by atoms with Gasteiger partial charge in [-0.1, -0.05) is 62.4 Å². The lowest BCUT2D eigenvalue weighted by Gasteiger charge is -2.22. The Morgan fingerprint density at radius 1 is 1.03 bits per heavy atom. The maximum Gasteiger partial charge on any atom is 0.407 e. The van der Waals surface area contributed by atoms with Crippen LogP contribution in [0.2, 0.25) is 0 Å². The summed E-state index contributed by atoms with van der Waals surface area (Å²) >= 11 is 1.53. The van der Waals surface area contributed by atoms with E-state index >= 15 is 0 Å². The summed E-state index contributed by atoms with van der Waals surface area (Å²) in [5, 5.41) is 14.8. The van der Waals surface area contributed by atoms with Crippen LogP contribution in [0.4, 0.5) is 4.79 Å². The largest absolute Gasteiger partial charge is 0.480 e. The fourth-order valence-corrected chi connectivity index (χ4v) is 4.96. The standard InChI is InChI=1S/C27H34N2O5S/c1-17(2)14-18(25(30)29-24(26(31)32)12-13-35-3)15-28-27(33)34-16-23-21-10-6-4-8-19(21)20-9-5-7-11-22(20)23/h4-11,17-18,23-24H,12-16H2,1-3H3,(H,28,33)(H,29,30)(H,31,32)/t18?,24-/m0/s1. The van der Waals surface area contributed by atoms with E-state index in [1.165, 1.54) is 11.8 Å². The van der Waals surface area contributed by atoms with Gasteiger partial charge in [0.2, 0.25) is 5.91 Å².